The highest BCUT2D eigenvalue weighted by Gasteiger charge is 2.56. The molecule has 4 fully saturated rings. The average Bonchev–Trinajstić information content (AvgIpc) is 2.44. The lowest BCUT2D eigenvalue weighted by Crippen LogP contribution is -2.52. The van der Waals surface area contributed by atoms with Gasteiger partial charge in [0.25, 0.3) is 0 Å². The smallest absolute Gasteiger partial charge is 0.00464 e. The lowest BCUT2D eigenvalue weighted by atomic mass is 9.43. The van der Waals surface area contributed by atoms with E-state index in [4.69, 9.17) is 0 Å². The molecule has 4 bridgehead atoms. The molecular formula is C20H29N. The van der Waals surface area contributed by atoms with Crippen molar-refractivity contribution in [2.75, 3.05) is 13.6 Å². The van der Waals surface area contributed by atoms with E-state index in [1.165, 1.54) is 44.2 Å². The number of hydrogen-bond donors (Lipinski definition) is 1. The minimum atomic E-state index is 0.603. The van der Waals surface area contributed by atoms with Gasteiger partial charge >= 0.3 is 0 Å². The monoisotopic (exact) mass is 283 g/mol. The molecule has 4 saturated carbocycles. The lowest BCUT2D eigenvalue weighted by Gasteiger charge is -2.62. The van der Waals surface area contributed by atoms with Crippen molar-refractivity contribution in [2.24, 2.45) is 23.2 Å². The first-order valence-electron chi connectivity index (χ1n) is 8.91. The molecule has 1 nitrogen and oxygen atoms in total. The molecule has 0 aliphatic heterocycles. The molecule has 3 unspecified atom stereocenters. The molecule has 4 aliphatic carbocycles. The van der Waals surface area contributed by atoms with Gasteiger partial charge in [-0.25, -0.2) is 0 Å². The molecule has 0 heterocycles. The second-order valence-electron chi connectivity index (χ2n) is 8.22. The van der Waals surface area contributed by atoms with Crippen LogP contribution in [0.2, 0.25) is 0 Å². The average molecular weight is 283 g/mol. The third-order valence-electron chi connectivity index (χ3n) is 6.73. The standard InChI is InChI=1S/C20H29N/c1-14-4-3-5-17(8-14)19-18-10-15-9-16(11-18)13-20(19,12-15)6-7-21-2/h3-5,8,15-16,18-19,21H,6-7,9-13H2,1-2H3. The summed E-state index contributed by atoms with van der Waals surface area (Å²) < 4.78 is 0. The van der Waals surface area contributed by atoms with Gasteiger partial charge in [-0.1, -0.05) is 29.8 Å². The van der Waals surface area contributed by atoms with Gasteiger partial charge in [0.2, 0.25) is 0 Å². The van der Waals surface area contributed by atoms with Crippen molar-refractivity contribution in [3.8, 4) is 0 Å². The van der Waals surface area contributed by atoms with Gasteiger partial charge in [-0.15, -0.1) is 0 Å². The van der Waals surface area contributed by atoms with Gasteiger partial charge in [-0.3, -0.25) is 0 Å². The minimum absolute atomic E-state index is 0.603. The molecule has 1 aromatic rings. The van der Waals surface area contributed by atoms with E-state index in [9.17, 15) is 0 Å². The molecule has 0 radical (unpaired) electrons. The zero-order valence-electron chi connectivity index (χ0n) is 13.6. The van der Waals surface area contributed by atoms with E-state index in [-0.39, 0.29) is 0 Å². The summed E-state index contributed by atoms with van der Waals surface area (Å²) >= 11 is 0. The molecule has 1 N–H and O–H groups in total. The largest absolute Gasteiger partial charge is 0.320 e. The summed E-state index contributed by atoms with van der Waals surface area (Å²) in [6, 6.07) is 9.43. The van der Waals surface area contributed by atoms with Gasteiger partial charge in [0.1, 0.15) is 0 Å². The third kappa shape index (κ3) is 2.25. The number of nitrogens with one attached hydrogen (secondary N) is 1. The Labute approximate surface area is 129 Å². The highest BCUT2D eigenvalue weighted by Crippen LogP contribution is 2.67. The van der Waals surface area contributed by atoms with E-state index in [0.29, 0.717) is 5.41 Å². The summed E-state index contributed by atoms with van der Waals surface area (Å²) in [6.07, 6.45) is 8.94. The predicted molar refractivity (Wildman–Crippen MR) is 88.5 cm³/mol. The summed E-state index contributed by atoms with van der Waals surface area (Å²) in [5, 5.41) is 3.43. The van der Waals surface area contributed by atoms with Crippen LogP contribution >= 0.6 is 0 Å². The highest BCUT2D eigenvalue weighted by atomic mass is 14.8. The van der Waals surface area contributed by atoms with Crippen LogP contribution in [0.1, 0.15) is 55.6 Å². The summed E-state index contributed by atoms with van der Waals surface area (Å²) in [4.78, 5) is 0. The molecule has 21 heavy (non-hydrogen) atoms. The van der Waals surface area contributed by atoms with Crippen molar-refractivity contribution in [2.45, 2.75) is 51.4 Å². The number of benzene rings is 1. The number of aryl methyl sites for hydroxylation is 1. The molecule has 5 rings (SSSR count). The molecule has 0 aromatic heterocycles. The van der Waals surface area contributed by atoms with E-state index >= 15 is 0 Å². The van der Waals surface area contributed by atoms with Crippen LogP contribution in [0, 0.1) is 30.1 Å². The van der Waals surface area contributed by atoms with Crippen LogP contribution in [0.5, 0.6) is 0 Å². The second-order valence-corrected chi connectivity index (χ2v) is 8.22. The maximum Gasteiger partial charge on any atom is -0.00464 e. The maximum atomic E-state index is 3.43. The normalized spacial score (nSPS) is 40.7. The van der Waals surface area contributed by atoms with Crippen molar-refractivity contribution < 1.29 is 0 Å². The zero-order valence-corrected chi connectivity index (χ0v) is 13.6. The fourth-order valence-corrected chi connectivity index (χ4v) is 6.43. The van der Waals surface area contributed by atoms with Gasteiger partial charge in [0, 0.05) is 0 Å². The third-order valence-corrected chi connectivity index (χ3v) is 6.73. The molecular weight excluding hydrogens is 254 g/mol. The van der Waals surface area contributed by atoms with Crippen LogP contribution in [-0.2, 0) is 0 Å². The molecule has 4 aliphatic rings. The van der Waals surface area contributed by atoms with Crippen molar-refractivity contribution >= 4 is 0 Å². The van der Waals surface area contributed by atoms with Gasteiger partial charge in [-0.05, 0) is 93.7 Å². The van der Waals surface area contributed by atoms with Gasteiger partial charge < -0.3 is 5.32 Å². The van der Waals surface area contributed by atoms with Crippen LogP contribution in [0.25, 0.3) is 0 Å². The van der Waals surface area contributed by atoms with Crippen LogP contribution in [0.15, 0.2) is 24.3 Å². The minimum Gasteiger partial charge on any atom is -0.320 e. The first-order chi connectivity index (χ1) is 10.2. The number of hydrogen-bond acceptors (Lipinski definition) is 1. The van der Waals surface area contributed by atoms with E-state index in [1.54, 1.807) is 12.0 Å². The Bertz CT molecular complexity index is 506. The molecule has 0 saturated heterocycles. The molecule has 0 spiro atoms. The first-order valence-corrected chi connectivity index (χ1v) is 8.91. The quantitative estimate of drug-likeness (QED) is 0.857. The van der Waals surface area contributed by atoms with E-state index < -0.39 is 0 Å². The van der Waals surface area contributed by atoms with E-state index in [2.05, 4.69) is 43.6 Å². The molecule has 114 valence electrons. The van der Waals surface area contributed by atoms with Gasteiger partial charge in [-0.2, -0.15) is 0 Å². The van der Waals surface area contributed by atoms with Crippen molar-refractivity contribution in [3.63, 3.8) is 0 Å². The summed E-state index contributed by atoms with van der Waals surface area (Å²) in [5.74, 6) is 3.88. The fourth-order valence-electron chi connectivity index (χ4n) is 6.43. The number of rotatable bonds is 4. The summed E-state index contributed by atoms with van der Waals surface area (Å²) in [5.41, 5.74) is 3.69. The highest BCUT2D eigenvalue weighted by molar-refractivity contribution is 5.30. The SMILES string of the molecule is CNCCC12CC3CC(CC(C3)C1c1cccc(C)c1)C2. The topological polar surface area (TPSA) is 12.0 Å². The molecule has 1 heteroatoms. The molecule has 1 aromatic carbocycles. The first kappa shape index (κ1) is 13.8. The van der Waals surface area contributed by atoms with E-state index in [0.717, 1.165) is 23.7 Å². The van der Waals surface area contributed by atoms with Crippen LogP contribution in [0.3, 0.4) is 0 Å². The summed E-state index contributed by atoms with van der Waals surface area (Å²) in [7, 11) is 2.11. The maximum absolute atomic E-state index is 3.43. The Morgan fingerprint density at radius 3 is 2.57 bits per heavy atom. The van der Waals surface area contributed by atoms with Crippen LogP contribution in [-0.4, -0.2) is 13.6 Å². The van der Waals surface area contributed by atoms with Gasteiger partial charge in [0.15, 0.2) is 0 Å². The molecule has 0 amide bonds. The Hall–Kier alpha value is -0.820. The van der Waals surface area contributed by atoms with Gasteiger partial charge in [0.05, 0.1) is 0 Å². The van der Waals surface area contributed by atoms with Crippen molar-refractivity contribution in [3.05, 3.63) is 35.4 Å². The predicted octanol–water partition coefficient (Wildman–Crippen LogP) is 4.51. The van der Waals surface area contributed by atoms with Crippen LogP contribution < -0.4 is 5.32 Å². The van der Waals surface area contributed by atoms with Crippen molar-refractivity contribution in [1.29, 1.82) is 0 Å². The Kier molecular flexibility index (Phi) is 3.37. The Balaban J connectivity index is 1.72. The Morgan fingerprint density at radius 2 is 1.90 bits per heavy atom. The Morgan fingerprint density at radius 1 is 1.14 bits per heavy atom. The van der Waals surface area contributed by atoms with Crippen molar-refractivity contribution in [1.82, 2.24) is 5.32 Å². The summed E-state index contributed by atoms with van der Waals surface area (Å²) in [6.45, 7) is 3.44. The fraction of sp³-hybridized carbons (Fsp3) is 0.700. The second kappa shape index (κ2) is 5.12. The van der Waals surface area contributed by atoms with E-state index in [1.807, 2.05) is 0 Å². The zero-order chi connectivity index (χ0) is 14.4. The molecule has 3 atom stereocenters. The lowest BCUT2D eigenvalue weighted by molar-refractivity contribution is -0.0794. The van der Waals surface area contributed by atoms with Crippen LogP contribution in [0.4, 0.5) is 0 Å².